The quantitative estimate of drug-likeness (QED) is 0.785. The lowest BCUT2D eigenvalue weighted by Crippen LogP contribution is -2.58. The van der Waals surface area contributed by atoms with Gasteiger partial charge in [-0.3, -0.25) is 10.7 Å². The molecule has 0 aromatic rings. The van der Waals surface area contributed by atoms with Crippen LogP contribution in [0.3, 0.4) is 0 Å². The molecule has 2 aliphatic heterocycles. The third kappa shape index (κ3) is 1.81. The summed E-state index contributed by atoms with van der Waals surface area (Å²) in [7, 11) is 0. The van der Waals surface area contributed by atoms with Crippen molar-refractivity contribution in [3.05, 3.63) is 0 Å². The van der Waals surface area contributed by atoms with E-state index in [1.165, 1.54) is 12.8 Å². The summed E-state index contributed by atoms with van der Waals surface area (Å²) in [6.07, 6.45) is 3.88. The van der Waals surface area contributed by atoms with Gasteiger partial charge in [0.1, 0.15) is 11.4 Å². The van der Waals surface area contributed by atoms with Crippen LogP contribution in [-0.4, -0.2) is 41.1 Å². The number of amidine groups is 1. The van der Waals surface area contributed by atoms with Crippen LogP contribution in [0.25, 0.3) is 0 Å². The van der Waals surface area contributed by atoms with E-state index in [1.807, 2.05) is 18.7 Å². The second-order valence-corrected chi connectivity index (χ2v) is 6.43. The van der Waals surface area contributed by atoms with Crippen LogP contribution in [0.2, 0.25) is 0 Å². The Morgan fingerprint density at radius 2 is 2.22 bits per heavy atom. The summed E-state index contributed by atoms with van der Waals surface area (Å²) in [4.78, 5) is 14.0. The van der Waals surface area contributed by atoms with Gasteiger partial charge >= 0.3 is 6.03 Å². The first-order valence-electron chi connectivity index (χ1n) is 6.75. The van der Waals surface area contributed by atoms with Gasteiger partial charge in [0, 0.05) is 26.0 Å². The molecular weight excluding hydrogens is 230 g/mol. The average Bonchev–Trinajstić information content (AvgIpc) is 3.03. The highest BCUT2D eigenvalue weighted by atomic mass is 16.5. The number of nitrogens with one attached hydrogen (secondary N) is 2. The minimum atomic E-state index is -0.443. The fourth-order valence-electron chi connectivity index (χ4n) is 3.22. The molecule has 2 N–H and O–H groups in total. The van der Waals surface area contributed by atoms with E-state index >= 15 is 0 Å². The number of ether oxygens (including phenoxy) is 1. The van der Waals surface area contributed by atoms with E-state index in [9.17, 15) is 4.79 Å². The van der Waals surface area contributed by atoms with Gasteiger partial charge in [-0.2, -0.15) is 0 Å². The van der Waals surface area contributed by atoms with Crippen LogP contribution in [-0.2, 0) is 4.74 Å². The summed E-state index contributed by atoms with van der Waals surface area (Å²) >= 11 is 0. The lowest BCUT2D eigenvalue weighted by Gasteiger charge is -2.46. The molecule has 2 saturated heterocycles. The van der Waals surface area contributed by atoms with Crippen LogP contribution in [0.5, 0.6) is 0 Å². The van der Waals surface area contributed by atoms with Gasteiger partial charge in [0.05, 0.1) is 5.60 Å². The molecular formula is C13H21N3O2. The van der Waals surface area contributed by atoms with E-state index in [4.69, 9.17) is 10.1 Å². The molecule has 18 heavy (non-hydrogen) atoms. The van der Waals surface area contributed by atoms with E-state index in [0.29, 0.717) is 24.8 Å². The SMILES string of the molecule is CC1(C)CC2(CCO1)C(=N)NC(=O)N2CC1CC1. The second kappa shape index (κ2) is 3.70. The van der Waals surface area contributed by atoms with Crippen LogP contribution in [0.1, 0.15) is 39.5 Å². The van der Waals surface area contributed by atoms with E-state index in [0.717, 1.165) is 13.0 Å². The minimum Gasteiger partial charge on any atom is -0.375 e. The molecule has 0 aromatic carbocycles. The Morgan fingerprint density at radius 3 is 2.83 bits per heavy atom. The van der Waals surface area contributed by atoms with Crippen molar-refractivity contribution in [1.29, 1.82) is 5.41 Å². The molecule has 1 unspecified atom stereocenters. The van der Waals surface area contributed by atoms with Gasteiger partial charge in [0.15, 0.2) is 0 Å². The smallest absolute Gasteiger partial charge is 0.323 e. The van der Waals surface area contributed by atoms with Crippen LogP contribution in [0.15, 0.2) is 0 Å². The van der Waals surface area contributed by atoms with Crippen LogP contribution in [0, 0.1) is 11.3 Å². The van der Waals surface area contributed by atoms with E-state index in [1.54, 1.807) is 0 Å². The predicted octanol–water partition coefficient (Wildman–Crippen LogP) is 1.73. The van der Waals surface area contributed by atoms with Gasteiger partial charge < -0.3 is 9.64 Å². The van der Waals surface area contributed by atoms with Crippen molar-refractivity contribution in [2.24, 2.45) is 5.92 Å². The zero-order valence-corrected chi connectivity index (χ0v) is 11.1. The predicted molar refractivity (Wildman–Crippen MR) is 67.7 cm³/mol. The topological polar surface area (TPSA) is 65.4 Å². The largest absolute Gasteiger partial charge is 0.375 e. The molecule has 3 fully saturated rings. The van der Waals surface area contributed by atoms with Gasteiger partial charge in [0.25, 0.3) is 0 Å². The molecule has 100 valence electrons. The monoisotopic (exact) mass is 251 g/mol. The van der Waals surface area contributed by atoms with Crippen molar-refractivity contribution >= 4 is 11.9 Å². The third-order valence-corrected chi connectivity index (χ3v) is 4.32. The highest BCUT2D eigenvalue weighted by molar-refractivity contribution is 6.08. The Balaban J connectivity index is 1.89. The minimum absolute atomic E-state index is 0.0930. The first kappa shape index (κ1) is 12.0. The highest BCUT2D eigenvalue weighted by Crippen LogP contribution is 2.42. The molecule has 1 aliphatic carbocycles. The molecule has 3 aliphatic rings. The fraction of sp³-hybridized carbons (Fsp3) is 0.846. The van der Waals surface area contributed by atoms with E-state index in [-0.39, 0.29) is 11.6 Å². The number of hydrogen-bond donors (Lipinski definition) is 2. The number of rotatable bonds is 2. The maximum atomic E-state index is 12.1. The summed E-state index contributed by atoms with van der Waals surface area (Å²) < 4.78 is 5.74. The molecule has 2 amide bonds. The maximum absolute atomic E-state index is 12.1. The van der Waals surface area contributed by atoms with Gasteiger partial charge in [-0.05, 0) is 32.6 Å². The van der Waals surface area contributed by atoms with E-state index in [2.05, 4.69) is 5.32 Å². The lowest BCUT2D eigenvalue weighted by atomic mass is 9.79. The standard InChI is InChI=1S/C13H21N3O2/c1-12(2)8-13(5-6-18-12)10(14)15-11(17)16(13)7-9-3-4-9/h9H,3-8H2,1-2H3,(H2,14,15,17). The molecule has 0 radical (unpaired) electrons. The highest BCUT2D eigenvalue weighted by Gasteiger charge is 2.55. The van der Waals surface area contributed by atoms with Crippen LogP contribution >= 0.6 is 0 Å². The third-order valence-electron chi connectivity index (χ3n) is 4.32. The Labute approximate surface area is 107 Å². The Morgan fingerprint density at radius 1 is 1.50 bits per heavy atom. The normalized spacial score (nSPS) is 35.1. The van der Waals surface area contributed by atoms with Crippen LogP contribution < -0.4 is 5.32 Å². The summed E-state index contributed by atoms with van der Waals surface area (Å²) in [6.45, 7) is 5.49. The molecule has 1 saturated carbocycles. The number of amides is 2. The zero-order chi connectivity index (χ0) is 13.0. The lowest BCUT2D eigenvalue weighted by molar-refractivity contribution is -0.0891. The van der Waals surface area contributed by atoms with Crippen molar-refractivity contribution in [3.8, 4) is 0 Å². The molecule has 0 aromatic heterocycles. The number of urea groups is 1. The van der Waals surface area contributed by atoms with Crippen molar-refractivity contribution in [1.82, 2.24) is 10.2 Å². The molecule has 5 nitrogen and oxygen atoms in total. The summed E-state index contributed by atoms with van der Waals surface area (Å²) in [5.74, 6) is 1.01. The van der Waals surface area contributed by atoms with Crippen molar-refractivity contribution in [3.63, 3.8) is 0 Å². The van der Waals surface area contributed by atoms with E-state index < -0.39 is 5.54 Å². The summed E-state index contributed by atoms with van der Waals surface area (Å²) in [5.41, 5.74) is -0.708. The first-order chi connectivity index (χ1) is 8.43. The molecule has 0 bridgehead atoms. The van der Waals surface area contributed by atoms with Crippen molar-refractivity contribution in [2.75, 3.05) is 13.2 Å². The van der Waals surface area contributed by atoms with Crippen molar-refractivity contribution < 1.29 is 9.53 Å². The van der Waals surface area contributed by atoms with Gasteiger partial charge in [-0.1, -0.05) is 0 Å². The van der Waals surface area contributed by atoms with Gasteiger partial charge in [-0.15, -0.1) is 0 Å². The van der Waals surface area contributed by atoms with Gasteiger partial charge in [-0.25, -0.2) is 4.79 Å². The average molecular weight is 251 g/mol. The molecule has 2 heterocycles. The number of hydrogen-bond acceptors (Lipinski definition) is 3. The number of carbonyl (C=O) groups is 1. The molecule has 3 rings (SSSR count). The summed E-state index contributed by atoms with van der Waals surface area (Å²) in [6, 6.07) is -0.0930. The maximum Gasteiger partial charge on any atom is 0.323 e. The first-order valence-corrected chi connectivity index (χ1v) is 6.75. The number of nitrogens with zero attached hydrogens (tertiary/aromatic N) is 1. The Hall–Kier alpha value is -1.10. The summed E-state index contributed by atoms with van der Waals surface area (Å²) in [5, 5.41) is 10.9. The van der Waals surface area contributed by atoms with Gasteiger partial charge in [0.2, 0.25) is 0 Å². The van der Waals surface area contributed by atoms with Crippen molar-refractivity contribution in [2.45, 2.75) is 50.7 Å². The Kier molecular flexibility index (Phi) is 2.46. The Bertz CT molecular complexity index is 403. The number of carbonyl (C=O) groups excluding carboxylic acids is 1. The molecule has 5 heteroatoms. The zero-order valence-electron chi connectivity index (χ0n) is 11.1. The second-order valence-electron chi connectivity index (χ2n) is 6.43. The molecule has 1 atom stereocenters. The molecule has 1 spiro atoms. The van der Waals surface area contributed by atoms with Crippen LogP contribution in [0.4, 0.5) is 4.79 Å². The fourth-order valence-corrected chi connectivity index (χ4v) is 3.22.